The lowest BCUT2D eigenvalue weighted by Gasteiger charge is -2.14. The Morgan fingerprint density at radius 3 is 2.14 bits per heavy atom. The first kappa shape index (κ1) is 20.7. The maximum atomic E-state index is 12.8. The van der Waals surface area contributed by atoms with Crippen LogP contribution in [0.1, 0.15) is 48.7 Å². The fraction of sp³-hybridized carbons (Fsp3) is 0.261. The summed E-state index contributed by atoms with van der Waals surface area (Å²) in [5, 5.41) is 5.35. The molecule has 0 fully saturated rings. The molecule has 0 aliphatic heterocycles. The molecule has 0 saturated carbocycles. The number of aryl methyl sites for hydroxylation is 4. The summed E-state index contributed by atoms with van der Waals surface area (Å²) in [6, 6.07) is 11.3. The minimum absolute atomic E-state index is 0.104. The van der Waals surface area contributed by atoms with Gasteiger partial charge in [-0.25, -0.2) is 4.98 Å². The summed E-state index contributed by atoms with van der Waals surface area (Å²) in [6.07, 6.45) is 0. The molecule has 0 aliphatic carbocycles. The van der Waals surface area contributed by atoms with E-state index in [0.29, 0.717) is 22.8 Å². The Kier molecular flexibility index (Phi) is 6.13. The van der Waals surface area contributed by atoms with Crippen LogP contribution in [-0.2, 0) is 6.54 Å². The second-order valence-corrected chi connectivity index (χ2v) is 8.10. The zero-order valence-corrected chi connectivity index (χ0v) is 18.2. The highest BCUT2D eigenvalue weighted by atomic mass is 32.1. The SMILES string of the molecule is Cc1ccc(C(=O)NCc2csc(N(C)C(=O)c3ccc(C)c(C)c3)n2)cc1C. The third kappa shape index (κ3) is 4.71. The fourth-order valence-corrected chi connectivity index (χ4v) is 3.63. The average molecular weight is 408 g/mol. The van der Waals surface area contributed by atoms with Crippen LogP contribution in [-0.4, -0.2) is 23.8 Å². The summed E-state index contributed by atoms with van der Waals surface area (Å²) in [4.78, 5) is 31.2. The van der Waals surface area contributed by atoms with E-state index in [1.54, 1.807) is 11.9 Å². The first-order valence-electron chi connectivity index (χ1n) is 9.41. The van der Waals surface area contributed by atoms with Crippen molar-refractivity contribution in [3.63, 3.8) is 0 Å². The Hall–Kier alpha value is -2.99. The normalized spacial score (nSPS) is 10.7. The molecule has 1 heterocycles. The van der Waals surface area contributed by atoms with Gasteiger partial charge in [0.2, 0.25) is 0 Å². The molecule has 1 N–H and O–H groups in total. The van der Waals surface area contributed by atoms with Gasteiger partial charge in [0.15, 0.2) is 5.13 Å². The molecule has 2 aromatic carbocycles. The molecule has 0 spiro atoms. The predicted octanol–water partition coefficient (Wildman–Crippen LogP) is 4.58. The lowest BCUT2D eigenvalue weighted by Crippen LogP contribution is -2.26. The number of rotatable bonds is 5. The van der Waals surface area contributed by atoms with Gasteiger partial charge >= 0.3 is 0 Å². The van der Waals surface area contributed by atoms with Crippen molar-refractivity contribution in [2.75, 3.05) is 11.9 Å². The number of amides is 2. The molecule has 0 aliphatic rings. The molecule has 1 aromatic heterocycles. The number of nitrogens with one attached hydrogen (secondary N) is 1. The van der Waals surface area contributed by atoms with Crippen LogP contribution in [0.25, 0.3) is 0 Å². The molecular weight excluding hydrogens is 382 g/mol. The first-order valence-corrected chi connectivity index (χ1v) is 10.3. The van der Waals surface area contributed by atoms with Gasteiger partial charge in [-0.15, -0.1) is 11.3 Å². The van der Waals surface area contributed by atoms with Crippen molar-refractivity contribution in [2.24, 2.45) is 0 Å². The molecule has 3 aromatic rings. The maximum absolute atomic E-state index is 12.8. The van der Waals surface area contributed by atoms with Crippen LogP contribution in [0, 0.1) is 27.7 Å². The van der Waals surface area contributed by atoms with Crippen LogP contribution >= 0.6 is 11.3 Å². The Balaban J connectivity index is 1.65. The number of hydrogen-bond donors (Lipinski definition) is 1. The number of hydrogen-bond acceptors (Lipinski definition) is 4. The smallest absolute Gasteiger partial charge is 0.259 e. The number of thiazole rings is 1. The molecule has 0 atom stereocenters. The quantitative estimate of drug-likeness (QED) is 0.673. The van der Waals surface area contributed by atoms with Crippen LogP contribution in [0.2, 0.25) is 0 Å². The first-order chi connectivity index (χ1) is 13.8. The number of anilines is 1. The van der Waals surface area contributed by atoms with Gasteiger partial charge in [-0.2, -0.15) is 0 Å². The van der Waals surface area contributed by atoms with Crippen molar-refractivity contribution in [3.05, 3.63) is 80.9 Å². The number of carbonyl (C=O) groups excluding carboxylic acids is 2. The Labute approximate surface area is 175 Å². The third-order valence-corrected chi connectivity index (χ3v) is 6.05. The lowest BCUT2D eigenvalue weighted by atomic mass is 10.1. The van der Waals surface area contributed by atoms with Crippen molar-refractivity contribution in [1.82, 2.24) is 10.3 Å². The van der Waals surface area contributed by atoms with Crippen LogP contribution in [0.3, 0.4) is 0 Å². The molecule has 2 amide bonds. The maximum Gasteiger partial charge on any atom is 0.259 e. The summed E-state index contributed by atoms with van der Waals surface area (Å²) in [6.45, 7) is 8.33. The fourth-order valence-electron chi connectivity index (χ4n) is 2.84. The van der Waals surface area contributed by atoms with Gasteiger partial charge < -0.3 is 5.32 Å². The molecular formula is C23H25N3O2S. The van der Waals surface area contributed by atoms with E-state index in [1.165, 1.54) is 11.3 Å². The van der Waals surface area contributed by atoms with Gasteiger partial charge in [-0.3, -0.25) is 14.5 Å². The molecule has 5 nitrogen and oxygen atoms in total. The van der Waals surface area contributed by atoms with Gasteiger partial charge in [0.25, 0.3) is 11.8 Å². The highest BCUT2D eigenvalue weighted by Crippen LogP contribution is 2.22. The summed E-state index contributed by atoms with van der Waals surface area (Å²) in [5.41, 5.74) is 6.46. The minimum atomic E-state index is -0.137. The van der Waals surface area contributed by atoms with Crippen molar-refractivity contribution in [1.29, 1.82) is 0 Å². The highest BCUT2D eigenvalue weighted by molar-refractivity contribution is 7.14. The molecule has 29 heavy (non-hydrogen) atoms. The third-order valence-electron chi connectivity index (χ3n) is 5.08. The monoisotopic (exact) mass is 407 g/mol. The molecule has 150 valence electrons. The van der Waals surface area contributed by atoms with E-state index in [1.807, 2.05) is 69.5 Å². The van der Waals surface area contributed by atoms with E-state index in [2.05, 4.69) is 10.3 Å². The number of benzene rings is 2. The number of carbonyl (C=O) groups is 2. The molecule has 6 heteroatoms. The zero-order valence-electron chi connectivity index (χ0n) is 17.4. The Bertz CT molecular complexity index is 1070. The summed E-state index contributed by atoms with van der Waals surface area (Å²) in [7, 11) is 1.72. The molecule has 0 bridgehead atoms. The lowest BCUT2D eigenvalue weighted by molar-refractivity contribution is 0.0948. The minimum Gasteiger partial charge on any atom is -0.346 e. The predicted molar refractivity (Wildman–Crippen MR) is 118 cm³/mol. The second-order valence-electron chi connectivity index (χ2n) is 7.27. The van der Waals surface area contributed by atoms with Crippen LogP contribution < -0.4 is 10.2 Å². The van der Waals surface area contributed by atoms with Gasteiger partial charge in [0.05, 0.1) is 12.2 Å². The number of aromatic nitrogens is 1. The van der Waals surface area contributed by atoms with E-state index in [9.17, 15) is 9.59 Å². The summed E-state index contributed by atoms with van der Waals surface area (Å²) in [5.74, 6) is -0.240. The van der Waals surface area contributed by atoms with Gasteiger partial charge in [-0.05, 0) is 74.2 Å². The second kappa shape index (κ2) is 8.57. The number of nitrogens with zero attached hydrogens (tertiary/aromatic N) is 2. The molecule has 0 radical (unpaired) electrons. The Morgan fingerprint density at radius 2 is 1.52 bits per heavy atom. The standard InChI is InChI=1S/C23H25N3O2S/c1-14-6-8-18(10-16(14)3)21(27)24-12-20-13-29-23(25-20)26(5)22(28)19-9-7-15(2)17(4)11-19/h6-11,13H,12H2,1-5H3,(H,24,27). The van der Waals surface area contributed by atoms with Crippen molar-refractivity contribution < 1.29 is 9.59 Å². The topological polar surface area (TPSA) is 62.3 Å². The van der Waals surface area contributed by atoms with E-state index < -0.39 is 0 Å². The van der Waals surface area contributed by atoms with Gasteiger partial charge in [0, 0.05) is 23.6 Å². The summed E-state index contributed by atoms with van der Waals surface area (Å²) < 4.78 is 0. The van der Waals surface area contributed by atoms with Gasteiger partial charge in [0.1, 0.15) is 0 Å². The van der Waals surface area contributed by atoms with E-state index in [0.717, 1.165) is 27.9 Å². The largest absolute Gasteiger partial charge is 0.346 e. The molecule has 0 unspecified atom stereocenters. The van der Waals surface area contributed by atoms with E-state index in [4.69, 9.17) is 0 Å². The van der Waals surface area contributed by atoms with Crippen molar-refractivity contribution in [2.45, 2.75) is 34.2 Å². The Morgan fingerprint density at radius 1 is 0.931 bits per heavy atom. The average Bonchev–Trinajstić information content (AvgIpc) is 3.18. The molecule has 3 rings (SSSR count). The van der Waals surface area contributed by atoms with Crippen molar-refractivity contribution >= 4 is 28.3 Å². The highest BCUT2D eigenvalue weighted by Gasteiger charge is 2.17. The van der Waals surface area contributed by atoms with Gasteiger partial charge in [-0.1, -0.05) is 12.1 Å². The van der Waals surface area contributed by atoms with Crippen molar-refractivity contribution in [3.8, 4) is 0 Å². The summed E-state index contributed by atoms with van der Waals surface area (Å²) >= 11 is 1.38. The van der Waals surface area contributed by atoms with Crippen LogP contribution in [0.5, 0.6) is 0 Å². The molecule has 0 saturated heterocycles. The van der Waals surface area contributed by atoms with Crippen LogP contribution in [0.15, 0.2) is 41.8 Å². The van der Waals surface area contributed by atoms with E-state index in [-0.39, 0.29) is 11.8 Å². The van der Waals surface area contributed by atoms with Crippen LogP contribution in [0.4, 0.5) is 5.13 Å². The van der Waals surface area contributed by atoms with E-state index >= 15 is 0 Å². The zero-order chi connectivity index (χ0) is 21.1.